The van der Waals surface area contributed by atoms with Crippen molar-refractivity contribution in [1.29, 1.82) is 0 Å². The molecule has 2 heteroatoms. The molecule has 0 amide bonds. The molecule has 2 nitrogen and oxygen atoms in total. The Kier molecular flexibility index (Phi) is 6.99. The van der Waals surface area contributed by atoms with E-state index in [2.05, 4.69) is 103 Å². The first kappa shape index (κ1) is 20.8. The van der Waals surface area contributed by atoms with Crippen LogP contribution in [-0.2, 0) is 16.8 Å². The molecule has 0 heterocycles. The van der Waals surface area contributed by atoms with Gasteiger partial charge in [0, 0.05) is 12.6 Å². The van der Waals surface area contributed by atoms with Crippen LogP contribution in [-0.4, -0.2) is 19.2 Å². The Bertz CT molecular complexity index is 835. The van der Waals surface area contributed by atoms with Crippen LogP contribution in [0.15, 0.2) is 91.0 Å². The number of hydrogen-bond acceptors (Lipinski definition) is 2. The lowest BCUT2D eigenvalue weighted by atomic mass is 9.77. The van der Waals surface area contributed by atoms with Crippen LogP contribution in [0, 0.1) is 5.92 Å². The van der Waals surface area contributed by atoms with E-state index >= 15 is 0 Å². The highest BCUT2D eigenvalue weighted by Crippen LogP contribution is 2.39. The molecule has 30 heavy (non-hydrogen) atoms. The van der Waals surface area contributed by atoms with E-state index in [-0.39, 0.29) is 6.04 Å². The summed E-state index contributed by atoms with van der Waals surface area (Å²) in [4.78, 5) is 0. The highest BCUT2D eigenvalue weighted by Gasteiger charge is 2.43. The summed E-state index contributed by atoms with van der Waals surface area (Å²) in [6.07, 6.45) is 4.73. The second-order valence-corrected chi connectivity index (χ2v) is 8.33. The number of nitrogens with one attached hydrogen (secondary N) is 1. The summed E-state index contributed by atoms with van der Waals surface area (Å²) >= 11 is 0. The smallest absolute Gasteiger partial charge is 0.133 e. The average molecular weight is 400 g/mol. The standard InChI is InChI=1S/C28H33NO/c1-2-30-28(25-14-8-4-9-15-25,26-16-10-5-11-17-26)27(29-22-24-18-19-24)21-20-23-12-6-3-7-13-23/h3-17,24,27,29H,2,18-22H2,1H3. The van der Waals surface area contributed by atoms with E-state index in [9.17, 15) is 0 Å². The SMILES string of the molecule is CCOC(c1ccccc1)(c1ccccc1)C(CCc1ccccc1)NCC1CC1. The van der Waals surface area contributed by atoms with E-state index in [0.717, 1.165) is 25.3 Å². The van der Waals surface area contributed by atoms with Crippen molar-refractivity contribution in [1.82, 2.24) is 5.32 Å². The Morgan fingerprint density at radius 3 is 1.87 bits per heavy atom. The van der Waals surface area contributed by atoms with Gasteiger partial charge in [0.1, 0.15) is 5.60 Å². The predicted molar refractivity (Wildman–Crippen MR) is 125 cm³/mol. The zero-order valence-electron chi connectivity index (χ0n) is 18.0. The van der Waals surface area contributed by atoms with Crippen molar-refractivity contribution in [2.45, 2.75) is 44.2 Å². The molecular formula is C28H33NO. The van der Waals surface area contributed by atoms with Gasteiger partial charge in [-0.05, 0) is 61.8 Å². The van der Waals surface area contributed by atoms with Crippen LogP contribution < -0.4 is 5.32 Å². The lowest BCUT2D eigenvalue weighted by Crippen LogP contribution is -2.52. The maximum absolute atomic E-state index is 6.74. The molecule has 4 rings (SSSR count). The third kappa shape index (κ3) is 4.83. The van der Waals surface area contributed by atoms with Gasteiger partial charge in [0.05, 0.1) is 0 Å². The van der Waals surface area contributed by atoms with E-state index in [1.807, 2.05) is 0 Å². The Morgan fingerprint density at radius 1 is 0.833 bits per heavy atom. The van der Waals surface area contributed by atoms with Gasteiger partial charge < -0.3 is 10.1 Å². The highest BCUT2D eigenvalue weighted by molar-refractivity contribution is 5.39. The van der Waals surface area contributed by atoms with Gasteiger partial charge in [-0.2, -0.15) is 0 Å². The summed E-state index contributed by atoms with van der Waals surface area (Å²) in [6, 6.07) is 32.5. The molecule has 1 atom stereocenters. The second-order valence-electron chi connectivity index (χ2n) is 8.33. The molecule has 0 aromatic heterocycles. The fraction of sp³-hybridized carbons (Fsp3) is 0.357. The van der Waals surface area contributed by atoms with Gasteiger partial charge in [-0.3, -0.25) is 0 Å². The zero-order valence-corrected chi connectivity index (χ0v) is 18.0. The van der Waals surface area contributed by atoms with Crippen LogP contribution in [0.1, 0.15) is 42.9 Å². The van der Waals surface area contributed by atoms with E-state index in [1.54, 1.807) is 0 Å². The lowest BCUT2D eigenvalue weighted by Gasteiger charge is -2.42. The topological polar surface area (TPSA) is 21.3 Å². The quantitative estimate of drug-likeness (QED) is 0.429. The fourth-order valence-corrected chi connectivity index (χ4v) is 4.47. The molecular weight excluding hydrogens is 366 g/mol. The van der Waals surface area contributed by atoms with Crippen molar-refractivity contribution in [3.63, 3.8) is 0 Å². The van der Waals surface area contributed by atoms with E-state index < -0.39 is 5.60 Å². The van der Waals surface area contributed by atoms with Gasteiger partial charge in [-0.15, -0.1) is 0 Å². The molecule has 0 spiro atoms. The fourth-order valence-electron chi connectivity index (χ4n) is 4.47. The summed E-state index contributed by atoms with van der Waals surface area (Å²) in [5, 5.41) is 3.95. The van der Waals surface area contributed by atoms with Gasteiger partial charge in [0.15, 0.2) is 0 Å². The number of ether oxygens (including phenoxy) is 1. The van der Waals surface area contributed by atoms with Gasteiger partial charge in [0.2, 0.25) is 0 Å². The molecule has 1 saturated carbocycles. The third-order valence-electron chi connectivity index (χ3n) is 6.18. The van der Waals surface area contributed by atoms with Crippen LogP contribution in [0.5, 0.6) is 0 Å². The minimum atomic E-state index is -0.513. The molecule has 156 valence electrons. The molecule has 0 radical (unpaired) electrons. The molecule has 0 aliphatic heterocycles. The van der Waals surface area contributed by atoms with Crippen molar-refractivity contribution in [2.75, 3.05) is 13.2 Å². The second kappa shape index (κ2) is 10.1. The van der Waals surface area contributed by atoms with E-state index in [4.69, 9.17) is 4.74 Å². The molecule has 1 N–H and O–H groups in total. The molecule has 1 aliphatic carbocycles. The number of aryl methyl sites for hydroxylation is 1. The first-order chi connectivity index (χ1) is 14.8. The predicted octanol–water partition coefficient (Wildman–Crippen LogP) is 5.97. The molecule has 1 unspecified atom stereocenters. The highest BCUT2D eigenvalue weighted by atomic mass is 16.5. The maximum atomic E-state index is 6.74. The van der Waals surface area contributed by atoms with Crippen molar-refractivity contribution in [3.05, 3.63) is 108 Å². The summed E-state index contributed by atoms with van der Waals surface area (Å²) in [5.74, 6) is 0.815. The Balaban J connectivity index is 1.74. The summed E-state index contributed by atoms with van der Waals surface area (Å²) in [6.45, 7) is 3.83. The van der Waals surface area contributed by atoms with Gasteiger partial charge in [-0.25, -0.2) is 0 Å². The molecule has 0 bridgehead atoms. The third-order valence-corrected chi connectivity index (χ3v) is 6.18. The summed E-state index contributed by atoms with van der Waals surface area (Å²) < 4.78 is 6.74. The largest absolute Gasteiger partial charge is 0.364 e. The first-order valence-corrected chi connectivity index (χ1v) is 11.3. The van der Waals surface area contributed by atoms with E-state index in [0.29, 0.717) is 6.61 Å². The number of rotatable bonds is 11. The minimum Gasteiger partial charge on any atom is -0.364 e. The minimum absolute atomic E-state index is 0.183. The Morgan fingerprint density at radius 2 is 1.37 bits per heavy atom. The Labute approximate surface area is 181 Å². The Hall–Kier alpha value is -2.42. The van der Waals surface area contributed by atoms with Crippen LogP contribution in [0.3, 0.4) is 0 Å². The number of benzene rings is 3. The van der Waals surface area contributed by atoms with Gasteiger partial charge in [-0.1, -0.05) is 91.0 Å². The molecule has 3 aromatic carbocycles. The summed E-state index contributed by atoms with van der Waals surface area (Å²) in [7, 11) is 0. The molecule has 3 aromatic rings. The first-order valence-electron chi connectivity index (χ1n) is 11.3. The monoisotopic (exact) mass is 399 g/mol. The van der Waals surface area contributed by atoms with Gasteiger partial charge >= 0.3 is 0 Å². The van der Waals surface area contributed by atoms with Crippen LogP contribution in [0.2, 0.25) is 0 Å². The molecule has 1 aliphatic rings. The van der Waals surface area contributed by atoms with Crippen LogP contribution >= 0.6 is 0 Å². The molecule has 1 fully saturated rings. The summed E-state index contributed by atoms with van der Waals surface area (Å²) in [5.41, 5.74) is 3.31. The molecule has 0 saturated heterocycles. The van der Waals surface area contributed by atoms with Crippen molar-refractivity contribution in [2.24, 2.45) is 5.92 Å². The lowest BCUT2D eigenvalue weighted by molar-refractivity contribution is -0.0422. The normalized spacial score (nSPS) is 15.1. The number of hydrogen-bond donors (Lipinski definition) is 1. The van der Waals surface area contributed by atoms with Crippen LogP contribution in [0.4, 0.5) is 0 Å². The van der Waals surface area contributed by atoms with Crippen molar-refractivity contribution in [3.8, 4) is 0 Å². The zero-order chi connectivity index (χ0) is 20.7. The van der Waals surface area contributed by atoms with Crippen molar-refractivity contribution < 1.29 is 4.74 Å². The van der Waals surface area contributed by atoms with Crippen LogP contribution in [0.25, 0.3) is 0 Å². The average Bonchev–Trinajstić information content (AvgIpc) is 3.64. The van der Waals surface area contributed by atoms with E-state index in [1.165, 1.54) is 29.5 Å². The van der Waals surface area contributed by atoms with Crippen molar-refractivity contribution >= 4 is 0 Å². The van der Waals surface area contributed by atoms with Gasteiger partial charge in [0.25, 0.3) is 0 Å². The maximum Gasteiger partial charge on any atom is 0.133 e.